The van der Waals surface area contributed by atoms with E-state index in [1.54, 1.807) is 0 Å². The number of anilines is 2. The van der Waals surface area contributed by atoms with Gasteiger partial charge >= 0.3 is 6.09 Å². The van der Waals surface area contributed by atoms with Crippen LogP contribution in [0.15, 0.2) is 24.3 Å². The Morgan fingerprint density at radius 2 is 1.82 bits per heavy atom. The fourth-order valence-electron chi connectivity index (χ4n) is 3.47. The van der Waals surface area contributed by atoms with Gasteiger partial charge in [0.25, 0.3) is 0 Å². The third kappa shape index (κ3) is 4.13. The van der Waals surface area contributed by atoms with Gasteiger partial charge in [-0.3, -0.25) is 0 Å². The SMILES string of the molecule is CC1CN(c2nc3ccccc3nc2NC2CC2)CCN1C(=O)OC(C)(C)C. The van der Waals surface area contributed by atoms with Gasteiger partial charge in [-0.05, 0) is 52.7 Å². The minimum absolute atomic E-state index is 0.0330. The van der Waals surface area contributed by atoms with Crippen molar-refractivity contribution in [2.45, 2.75) is 58.2 Å². The van der Waals surface area contributed by atoms with E-state index < -0.39 is 5.60 Å². The molecule has 0 radical (unpaired) electrons. The predicted molar refractivity (Wildman–Crippen MR) is 111 cm³/mol. The number of ether oxygens (including phenoxy) is 1. The van der Waals surface area contributed by atoms with Gasteiger partial charge in [0.15, 0.2) is 11.6 Å². The van der Waals surface area contributed by atoms with Gasteiger partial charge in [-0.1, -0.05) is 12.1 Å². The summed E-state index contributed by atoms with van der Waals surface area (Å²) in [7, 11) is 0. The maximum atomic E-state index is 12.5. The molecule has 2 aromatic rings. The molecule has 2 fully saturated rings. The van der Waals surface area contributed by atoms with E-state index in [1.807, 2.05) is 49.9 Å². The average Bonchev–Trinajstić information content (AvgIpc) is 3.43. The van der Waals surface area contributed by atoms with Gasteiger partial charge in [0.1, 0.15) is 5.60 Å². The van der Waals surface area contributed by atoms with Crippen LogP contribution in [0.5, 0.6) is 0 Å². The molecule has 2 aliphatic rings. The summed E-state index contributed by atoms with van der Waals surface area (Å²) in [5.41, 5.74) is 1.30. The molecule has 1 aliphatic carbocycles. The number of rotatable bonds is 3. The van der Waals surface area contributed by atoms with E-state index in [2.05, 4.69) is 17.1 Å². The minimum atomic E-state index is -0.487. The highest BCUT2D eigenvalue weighted by atomic mass is 16.6. The highest BCUT2D eigenvalue weighted by molar-refractivity contribution is 5.81. The van der Waals surface area contributed by atoms with Gasteiger partial charge in [-0.25, -0.2) is 14.8 Å². The lowest BCUT2D eigenvalue weighted by Crippen LogP contribution is -2.55. The van der Waals surface area contributed by atoms with Crippen LogP contribution in [-0.2, 0) is 4.74 Å². The number of carbonyl (C=O) groups is 1. The number of aromatic nitrogens is 2. The largest absolute Gasteiger partial charge is 0.444 e. The van der Waals surface area contributed by atoms with Gasteiger partial charge in [0, 0.05) is 31.7 Å². The topological polar surface area (TPSA) is 70.6 Å². The molecular weight excluding hydrogens is 354 g/mol. The van der Waals surface area contributed by atoms with Crippen LogP contribution in [0.4, 0.5) is 16.4 Å². The number of carbonyl (C=O) groups excluding carboxylic acids is 1. The molecule has 7 heteroatoms. The van der Waals surface area contributed by atoms with Crippen LogP contribution >= 0.6 is 0 Å². The second-order valence-corrected chi connectivity index (χ2v) is 8.77. The third-order valence-corrected chi connectivity index (χ3v) is 5.03. The van der Waals surface area contributed by atoms with Crippen molar-refractivity contribution in [1.82, 2.24) is 14.9 Å². The van der Waals surface area contributed by atoms with Crippen molar-refractivity contribution in [3.05, 3.63) is 24.3 Å². The Labute approximate surface area is 166 Å². The van der Waals surface area contributed by atoms with E-state index in [0.717, 1.165) is 22.7 Å². The van der Waals surface area contributed by atoms with Crippen LogP contribution in [0.1, 0.15) is 40.5 Å². The lowest BCUT2D eigenvalue weighted by Gasteiger charge is -2.41. The summed E-state index contributed by atoms with van der Waals surface area (Å²) in [6.45, 7) is 9.75. The van der Waals surface area contributed by atoms with Crippen molar-refractivity contribution in [1.29, 1.82) is 0 Å². The Balaban J connectivity index is 1.56. The monoisotopic (exact) mass is 383 g/mol. The van der Waals surface area contributed by atoms with Crippen molar-refractivity contribution < 1.29 is 9.53 Å². The first-order chi connectivity index (χ1) is 13.3. The van der Waals surface area contributed by atoms with Crippen LogP contribution in [-0.4, -0.2) is 58.3 Å². The number of fused-ring (bicyclic) bond motifs is 1. The number of para-hydroxylation sites is 2. The van der Waals surface area contributed by atoms with E-state index in [9.17, 15) is 4.79 Å². The Morgan fingerprint density at radius 3 is 2.43 bits per heavy atom. The van der Waals surface area contributed by atoms with Crippen molar-refractivity contribution >= 4 is 28.8 Å². The molecule has 1 saturated carbocycles. The first kappa shape index (κ1) is 18.8. The number of amides is 1. The van der Waals surface area contributed by atoms with Crippen LogP contribution in [0.2, 0.25) is 0 Å². The van der Waals surface area contributed by atoms with E-state index >= 15 is 0 Å². The lowest BCUT2D eigenvalue weighted by molar-refractivity contribution is 0.0158. The van der Waals surface area contributed by atoms with Crippen LogP contribution in [0.25, 0.3) is 11.0 Å². The molecular formula is C21H29N5O2. The number of benzene rings is 1. The molecule has 1 amide bonds. The first-order valence-corrected chi connectivity index (χ1v) is 10.1. The lowest BCUT2D eigenvalue weighted by atomic mass is 10.2. The summed E-state index contributed by atoms with van der Waals surface area (Å²) in [6, 6.07) is 8.48. The maximum Gasteiger partial charge on any atom is 0.410 e. The van der Waals surface area contributed by atoms with Crippen LogP contribution in [0, 0.1) is 0 Å². The normalized spacial score (nSPS) is 20.4. The minimum Gasteiger partial charge on any atom is -0.444 e. The zero-order valence-electron chi connectivity index (χ0n) is 17.1. The third-order valence-electron chi connectivity index (χ3n) is 5.03. The zero-order chi connectivity index (χ0) is 19.9. The number of hydrogen-bond donors (Lipinski definition) is 1. The average molecular weight is 383 g/mol. The molecule has 1 aromatic heterocycles. The molecule has 1 atom stereocenters. The molecule has 150 valence electrons. The van der Waals surface area contributed by atoms with E-state index in [0.29, 0.717) is 25.7 Å². The van der Waals surface area contributed by atoms with Crippen LogP contribution in [0.3, 0.4) is 0 Å². The van der Waals surface area contributed by atoms with E-state index in [4.69, 9.17) is 14.7 Å². The molecule has 0 bridgehead atoms. The number of nitrogens with one attached hydrogen (secondary N) is 1. The van der Waals surface area contributed by atoms with Gasteiger partial charge in [-0.2, -0.15) is 0 Å². The Morgan fingerprint density at radius 1 is 1.14 bits per heavy atom. The summed E-state index contributed by atoms with van der Waals surface area (Å²) in [4.78, 5) is 26.3. The summed E-state index contributed by atoms with van der Waals surface area (Å²) in [6.07, 6.45) is 2.11. The molecule has 7 nitrogen and oxygen atoms in total. The molecule has 1 aromatic carbocycles. The second-order valence-electron chi connectivity index (χ2n) is 8.77. The van der Waals surface area contributed by atoms with Crippen molar-refractivity contribution in [2.75, 3.05) is 29.9 Å². The summed E-state index contributed by atoms with van der Waals surface area (Å²) in [5, 5.41) is 3.53. The summed E-state index contributed by atoms with van der Waals surface area (Å²) < 4.78 is 5.56. The maximum absolute atomic E-state index is 12.5. The Hall–Kier alpha value is -2.57. The molecule has 1 aliphatic heterocycles. The van der Waals surface area contributed by atoms with Gasteiger partial charge in [0.2, 0.25) is 0 Å². The molecule has 2 heterocycles. The fourth-order valence-corrected chi connectivity index (χ4v) is 3.47. The summed E-state index contributed by atoms with van der Waals surface area (Å²) >= 11 is 0. The van der Waals surface area contributed by atoms with Gasteiger partial charge in [0.05, 0.1) is 11.0 Å². The standard InChI is InChI=1S/C21H29N5O2/c1-14-13-25(11-12-26(14)20(27)28-21(2,3)4)19-18(22-15-9-10-15)23-16-7-5-6-8-17(16)24-19/h5-8,14-15H,9-13H2,1-4H3,(H,22,23). The highest BCUT2D eigenvalue weighted by Crippen LogP contribution is 2.32. The molecule has 1 unspecified atom stereocenters. The predicted octanol–water partition coefficient (Wildman–Crippen LogP) is 3.65. The molecule has 1 saturated heterocycles. The van der Waals surface area contributed by atoms with Crippen molar-refractivity contribution in [3.8, 4) is 0 Å². The van der Waals surface area contributed by atoms with E-state index in [-0.39, 0.29) is 12.1 Å². The number of nitrogens with zero attached hydrogens (tertiary/aromatic N) is 4. The quantitative estimate of drug-likeness (QED) is 0.872. The van der Waals surface area contributed by atoms with Crippen molar-refractivity contribution in [3.63, 3.8) is 0 Å². The molecule has 0 spiro atoms. The Kier molecular flexibility index (Phi) is 4.77. The molecule has 1 N–H and O–H groups in total. The fraction of sp³-hybridized carbons (Fsp3) is 0.571. The van der Waals surface area contributed by atoms with Crippen LogP contribution < -0.4 is 10.2 Å². The van der Waals surface area contributed by atoms with E-state index in [1.165, 1.54) is 12.8 Å². The smallest absolute Gasteiger partial charge is 0.410 e. The first-order valence-electron chi connectivity index (χ1n) is 10.1. The van der Waals surface area contributed by atoms with Crippen molar-refractivity contribution in [2.24, 2.45) is 0 Å². The highest BCUT2D eigenvalue weighted by Gasteiger charge is 2.33. The molecule has 28 heavy (non-hydrogen) atoms. The summed E-state index contributed by atoms with van der Waals surface area (Å²) in [5.74, 6) is 1.72. The number of piperazine rings is 1. The number of hydrogen-bond acceptors (Lipinski definition) is 6. The Bertz CT molecular complexity index is 875. The zero-order valence-corrected chi connectivity index (χ0v) is 17.1. The molecule has 4 rings (SSSR count). The second kappa shape index (κ2) is 7.11. The van der Waals surface area contributed by atoms with Gasteiger partial charge < -0.3 is 19.9 Å². The van der Waals surface area contributed by atoms with Gasteiger partial charge in [-0.15, -0.1) is 0 Å².